The molecule has 8 nitrogen and oxygen atoms in total. The molecule has 0 atom stereocenters. The Morgan fingerprint density at radius 1 is 1.13 bits per heavy atom. The Hall–Kier alpha value is -3.04. The monoisotopic (exact) mass is 440 g/mol. The maximum atomic E-state index is 12.9. The van der Waals surface area contributed by atoms with Gasteiger partial charge in [-0.3, -0.25) is 4.79 Å². The smallest absolute Gasteiger partial charge is 0.254 e. The Morgan fingerprint density at radius 3 is 2.61 bits per heavy atom. The zero-order valence-electron chi connectivity index (χ0n) is 17.5. The molecule has 9 heteroatoms. The molecular weight excluding hydrogens is 416 g/mol. The molecule has 0 radical (unpaired) electrons. The summed E-state index contributed by atoms with van der Waals surface area (Å²) in [7, 11) is -1.98. The van der Waals surface area contributed by atoms with Crippen molar-refractivity contribution in [3.8, 4) is 11.4 Å². The van der Waals surface area contributed by atoms with Crippen LogP contribution >= 0.6 is 0 Å². The van der Waals surface area contributed by atoms with Gasteiger partial charge in [0.2, 0.25) is 21.7 Å². The lowest BCUT2D eigenvalue weighted by molar-refractivity contribution is 0.0769. The first-order chi connectivity index (χ1) is 14.8. The fourth-order valence-corrected chi connectivity index (χ4v) is 5.15. The van der Waals surface area contributed by atoms with Crippen LogP contribution < -0.4 is 0 Å². The van der Waals surface area contributed by atoms with Crippen LogP contribution in [-0.2, 0) is 16.6 Å². The molecule has 1 amide bonds. The van der Waals surface area contributed by atoms with Crippen molar-refractivity contribution in [1.82, 2.24) is 19.3 Å². The van der Waals surface area contributed by atoms with Crippen LogP contribution in [-0.4, -0.2) is 53.8 Å². The second-order valence-corrected chi connectivity index (χ2v) is 9.62. The number of hydrogen-bond acceptors (Lipinski definition) is 6. The third kappa shape index (κ3) is 4.52. The molecule has 0 aliphatic carbocycles. The van der Waals surface area contributed by atoms with Crippen LogP contribution in [0.4, 0.5) is 0 Å². The third-order valence-corrected chi connectivity index (χ3v) is 7.14. The number of aromatic nitrogens is 2. The lowest BCUT2D eigenvalue weighted by atomic mass is 10.1. The van der Waals surface area contributed by atoms with Crippen molar-refractivity contribution < 1.29 is 17.7 Å². The summed E-state index contributed by atoms with van der Waals surface area (Å²) in [5, 5.41) is 3.99. The second kappa shape index (κ2) is 8.60. The van der Waals surface area contributed by atoms with E-state index < -0.39 is 10.0 Å². The normalized spacial score (nSPS) is 14.6. The number of benzene rings is 2. The number of amides is 1. The average molecular weight is 441 g/mol. The molecule has 0 saturated carbocycles. The Labute approximate surface area is 181 Å². The molecule has 1 fully saturated rings. The van der Waals surface area contributed by atoms with Crippen molar-refractivity contribution in [1.29, 1.82) is 0 Å². The Morgan fingerprint density at radius 2 is 1.87 bits per heavy atom. The number of nitrogens with zero attached hydrogens (tertiary/aromatic N) is 4. The first-order valence-electron chi connectivity index (χ1n) is 10.1. The molecule has 1 aromatic heterocycles. The van der Waals surface area contributed by atoms with E-state index >= 15 is 0 Å². The van der Waals surface area contributed by atoms with Gasteiger partial charge in [-0.25, -0.2) is 8.42 Å². The van der Waals surface area contributed by atoms with Crippen LogP contribution in [0.2, 0.25) is 0 Å². The highest BCUT2D eigenvalue weighted by molar-refractivity contribution is 7.89. The fourth-order valence-electron chi connectivity index (χ4n) is 3.58. The molecule has 31 heavy (non-hydrogen) atoms. The van der Waals surface area contributed by atoms with E-state index in [4.69, 9.17) is 4.52 Å². The van der Waals surface area contributed by atoms with Crippen molar-refractivity contribution in [2.45, 2.75) is 31.2 Å². The van der Waals surface area contributed by atoms with Crippen molar-refractivity contribution in [2.75, 3.05) is 20.1 Å². The molecular formula is C22H24N4O4S. The molecule has 1 saturated heterocycles. The van der Waals surface area contributed by atoms with Gasteiger partial charge in [0.05, 0.1) is 11.4 Å². The summed E-state index contributed by atoms with van der Waals surface area (Å²) < 4.78 is 32.4. The summed E-state index contributed by atoms with van der Waals surface area (Å²) in [6.07, 6.45) is 1.71. The van der Waals surface area contributed by atoms with E-state index in [0.717, 1.165) is 24.0 Å². The van der Waals surface area contributed by atoms with E-state index in [2.05, 4.69) is 10.1 Å². The van der Waals surface area contributed by atoms with E-state index in [-0.39, 0.29) is 17.3 Å². The maximum absolute atomic E-state index is 12.9. The summed E-state index contributed by atoms with van der Waals surface area (Å²) in [6, 6.07) is 13.9. The topological polar surface area (TPSA) is 96.6 Å². The Bertz CT molecular complexity index is 1200. The Balaban J connectivity index is 1.49. The molecule has 4 rings (SSSR count). The number of rotatable bonds is 6. The molecule has 2 heterocycles. The zero-order valence-corrected chi connectivity index (χ0v) is 18.3. The lowest BCUT2D eigenvalue weighted by Crippen LogP contribution is -2.29. The lowest BCUT2D eigenvalue weighted by Gasteiger charge is -2.18. The van der Waals surface area contributed by atoms with Gasteiger partial charge in [-0.2, -0.15) is 9.29 Å². The van der Waals surface area contributed by atoms with Gasteiger partial charge < -0.3 is 9.42 Å². The third-order valence-electron chi connectivity index (χ3n) is 5.25. The van der Waals surface area contributed by atoms with Gasteiger partial charge in [-0.05, 0) is 44.0 Å². The second-order valence-electron chi connectivity index (χ2n) is 7.68. The molecule has 2 aromatic carbocycles. The minimum absolute atomic E-state index is 0.112. The molecule has 0 spiro atoms. The minimum atomic E-state index is -3.59. The highest BCUT2D eigenvalue weighted by atomic mass is 32.2. The summed E-state index contributed by atoms with van der Waals surface area (Å²) in [5.74, 6) is 0.431. The average Bonchev–Trinajstić information content (AvgIpc) is 3.46. The van der Waals surface area contributed by atoms with Crippen molar-refractivity contribution >= 4 is 15.9 Å². The van der Waals surface area contributed by atoms with Gasteiger partial charge in [0.25, 0.3) is 5.91 Å². The quantitative estimate of drug-likeness (QED) is 0.584. The predicted octanol–water partition coefficient (Wildman–Crippen LogP) is 3.10. The standard InChI is InChI=1S/C22H24N4O4S/c1-16-7-5-8-17(13-16)21-23-20(30-24-21)15-25(2)22(27)18-9-6-10-19(14-18)31(28,29)26-11-3-4-12-26/h5-10,13-14H,3-4,11-12,15H2,1-2H3. The van der Waals surface area contributed by atoms with Crippen LogP contribution in [0.3, 0.4) is 0 Å². The molecule has 1 aliphatic heterocycles. The summed E-state index contributed by atoms with van der Waals surface area (Å²) in [5.41, 5.74) is 2.21. The molecule has 0 N–H and O–H groups in total. The SMILES string of the molecule is Cc1cccc(-c2noc(CN(C)C(=O)c3cccc(S(=O)(=O)N4CCCC4)c3)n2)c1. The molecule has 162 valence electrons. The van der Waals surface area contributed by atoms with Crippen LogP contribution in [0.5, 0.6) is 0 Å². The summed E-state index contributed by atoms with van der Waals surface area (Å²) in [6.45, 7) is 3.12. The number of aryl methyl sites for hydroxylation is 1. The van der Waals surface area contributed by atoms with Gasteiger partial charge >= 0.3 is 0 Å². The maximum Gasteiger partial charge on any atom is 0.254 e. The zero-order chi connectivity index (χ0) is 22.0. The van der Waals surface area contributed by atoms with Gasteiger partial charge in [-0.15, -0.1) is 0 Å². The van der Waals surface area contributed by atoms with Gasteiger partial charge in [0.15, 0.2) is 0 Å². The van der Waals surface area contributed by atoms with Crippen LogP contribution in [0.1, 0.15) is 34.7 Å². The van der Waals surface area contributed by atoms with E-state index in [1.165, 1.54) is 21.3 Å². The molecule has 3 aromatic rings. The van der Waals surface area contributed by atoms with Crippen LogP contribution in [0.25, 0.3) is 11.4 Å². The van der Waals surface area contributed by atoms with Crippen LogP contribution in [0.15, 0.2) is 57.9 Å². The van der Waals surface area contributed by atoms with Gasteiger partial charge in [-0.1, -0.05) is 35.0 Å². The first kappa shape index (κ1) is 21.2. The molecule has 1 aliphatic rings. The first-order valence-corrected chi connectivity index (χ1v) is 11.5. The van der Waals surface area contributed by atoms with E-state index in [1.54, 1.807) is 19.2 Å². The molecule has 0 bridgehead atoms. The predicted molar refractivity (Wildman–Crippen MR) is 115 cm³/mol. The number of sulfonamides is 1. The van der Waals surface area contributed by atoms with E-state index in [0.29, 0.717) is 30.4 Å². The van der Waals surface area contributed by atoms with Crippen molar-refractivity contribution in [2.24, 2.45) is 0 Å². The van der Waals surface area contributed by atoms with Crippen LogP contribution in [0, 0.1) is 6.92 Å². The largest absolute Gasteiger partial charge is 0.337 e. The molecule has 0 unspecified atom stereocenters. The number of carbonyl (C=O) groups is 1. The Kier molecular flexibility index (Phi) is 5.88. The summed E-state index contributed by atoms with van der Waals surface area (Å²) in [4.78, 5) is 18.8. The number of hydrogen-bond donors (Lipinski definition) is 0. The minimum Gasteiger partial charge on any atom is -0.337 e. The highest BCUT2D eigenvalue weighted by Crippen LogP contribution is 2.22. The highest BCUT2D eigenvalue weighted by Gasteiger charge is 2.28. The fraction of sp³-hybridized carbons (Fsp3) is 0.318. The van der Waals surface area contributed by atoms with E-state index in [9.17, 15) is 13.2 Å². The van der Waals surface area contributed by atoms with Gasteiger partial charge in [0, 0.05) is 31.3 Å². The van der Waals surface area contributed by atoms with Crippen molar-refractivity contribution in [3.63, 3.8) is 0 Å². The van der Waals surface area contributed by atoms with E-state index in [1.807, 2.05) is 31.2 Å². The number of carbonyl (C=O) groups excluding carboxylic acids is 1. The van der Waals surface area contributed by atoms with Gasteiger partial charge in [0.1, 0.15) is 0 Å². The summed E-state index contributed by atoms with van der Waals surface area (Å²) >= 11 is 0. The van der Waals surface area contributed by atoms with Crippen molar-refractivity contribution in [3.05, 3.63) is 65.5 Å².